The lowest BCUT2D eigenvalue weighted by molar-refractivity contribution is -0.125. The van der Waals surface area contributed by atoms with Crippen molar-refractivity contribution < 1.29 is 4.79 Å². The van der Waals surface area contributed by atoms with Crippen molar-refractivity contribution in [1.82, 2.24) is 15.5 Å². The molecule has 1 atom stereocenters. The number of hydrogen-bond acceptors (Lipinski definition) is 4. The fourth-order valence-corrected chi connectivity index (χ4v) is 3.67. The van der Waals surface area contributed by atoms with E-state index >= 15 is 0 Å². The Morgan fingerprint density at radius 2 is 2.04 bits per heavy atom. The number of benzene rings is 1. The predicted octanol–water partition coefficient (Wildman–Crippen LogP) is 4.01. The second kappa shape index (κ2) is 8.89. The predicted molar refractivity (Wildman–Crippen MR) is 105 cm³/mol. The number of carbonyl (C=O) groups excluding carboxylic acids is 1. The number of anilines is 1. The first kappa shape index (κ1) is 19.2. The molecule has 0 radical (unpaired) electrons. The molecule has 0 aliphatic carbocycles. The maximum Gasteiger partial charge on any atom is 0.224 e. The highest BCUT2D eigenvalue weighted by molar-refractivity contribution is 6.35. The standard InChI is InChI=1S/C18H19Cl3N4O/c19-14-4-3-12(15(20)10-14)7-8-22-18(26)13-2-1-9-25(11-13)17-6-5-16(21)23-24-17/h3-6,10,13H,1-2,7-9,11H2,(H,22,26)/t13-/m0/s1. The van der Waals surface area contributed by atoms with Gasteiger partial charge in [-0.2, -0.15) is 0 Å². The number of carbonyl (C=O) groups is 1. The van der Waals surface area contributed by atoms with Gasteiger partial charge in [0.1, 0.15) is 0 Å². The summed E-state index contributed by atoms with van der Waals surface area (Å²) in [6, 6.07) is 8.95. The number of amides is 1. The van der Waals surface area contributed by atoms with Gasteiger partial charge >= 0.3 is 0 Å². The largest absolute Gasteiger partial charge is 0.355 e. The van der Waals surface area contributed by atoms with Gasteiger partial charge in [0.05, 0.1) is 5.92 Å². The summed E-state index contributed by atoms with van der Waals surface area (Å²) in [6.07, 6.45) is 2.47. The van der Waals surface area contributed by atoms with Crippen LogP contribution in [0, 0.1) is 5.92 Å². The number of rotatable bonds is 5. The Morgan fingerprint density at radius 3 is 2.77 bits per heavy atom. The highest BCUT2D eigenvalue weighted by Gasteiger charge is 2.26. The number of piperidine rings is 1. The van der Waals surface area contributed by atoms with Crippen LogP contribution in [0.15, 0.2) is 30.3 Å². The van der Waals surface area contributed by atoms with Crippen LogP contribution in [0.4, 0.5) is 5.82 Å². The number of nitrogens with zero attached hydrogens (tertiary/aromatic N) is 3. The van der Waals surface area contributed by atoms with Gasteiger partial charge in [0.2, 0.25) is 5.91 Å². The van der Waals surface area contributed by atoms with E-state index in [2.05, 4.69) is 20.4 Å². The molecule has 0 unspecified atom stereocenters. The second-order valence-corrected chi connectivity index (χ2v) is 7.51. The van der Waals surface area contributed by atoms with Gasteiger partial charge in [-0.3, -0.25) is 4.79 Å². The third-order valence-corrected chi connectivity index (χ3v) is 5.23. The summed E-state index contributed by atoms with van der Waals surface area (Å²) in [5.41, 5.74) is 0.970. The Labute approximate surface area is 167 Å². The lowest BCUT2D eigenvalue weighted by atomic mass is 9.97. The van der Waals surface area contributed by atoms with Crippen LogP contribution in [-0.2, 0) is 11.2 Å². The van der Waals surface area contributed by atoms with Crippen LogP contribution in [0.25, 0.3) is 0 Å². The van der Waals surface area contributed by atoms with Crippen molar-refractivity contribution >= 4 is 46.5 Å². The molecule has 1 saturated heterocycles. The monoisotopic (exact) mass is 412 g/mol. The minimum Gasteiger partial charge on any atom is -0.355 e. The zero-order valence-electron chi connectivity index (χ0n) is 14.1. The van der Waals surface area contributed by atoms with E-state index in [0.29, 0.717) is 34.7 Å². The SMILES string of the molecule is O=C(NCCc1ccc(Cl)cc1Cl)[C@H]1CCCN(c2ccc(Cl)nn2)C1. The summed E-state index contributed by atoms with van der Waals surface area (Å²) < 4.78 is 0. The summed E-state index contributed by atoms with van der Waals surface area (Å²) in [5.74, 6) is 0.739. The van der Waals surface area contributed by atoms with Crippen molar-refractivity contribution in [2.24, 2.45) is 5.92 Å². The van der Waals surface area contributed by atoms with Crippen molar-refractivity contribution in [2.45, 2.75) is 19.3 Å². The molecule has 1 fully saturated rings. The number of halogens is 3. The number of hydrogen-bond donors (Lipinski definition) is 1. The van der Waals surface area contributed by atoms with Gasteiger partial charge in [-0.15, -0.1) is 10.2 Å². The van der Waals surface area contributed by atoms with Gasteiger partial charge in [0.15, 0.2) is 11.0 Å². The molecule has 0 saturated carbocycles. The first-order chi connectivity index (χ1) is 12.5. The highest BCUT2D eigenvalue weighted by atomic mass is 35.5. The van der Waals surface area contributed by atoms with Crippen LogP contribution in [0.5, 0.6) is 0 Å². The molecule has 5 nitrogen and oxygen atoms in total. The zero-order chi connectivity index (χ0) is 18.5. The first-order valence-electron chi connectivity index (χ1n) is 8.49. The molecule has 0 bridgehead atoms. The van der Waals surface area contributed by atoms with E-state index in [1.165, 1.54) is 0 Å². The topological polar surface area (TPSA) is 58.1 Å². The van der Waals surface area contributed by atoms with Crippen molar-refractivity contribution in [1.29, 1.82) is 0 Å². The Bertz CT molecular complexity index is 770. The van der Waals surface area contributed by atoms with Crippen molar-refractivity contribution in [2.75, 3.05) is 24.5 Å². The van der Waals surface area contributed by atoms with E-state index in [1.54, 1.807) is 18.2 Å². The van der Waals surface area contributed by atoms with Gasteiger partial charge in [-0.1, -0.05) is 40.9 Å². The van der Waals surface area contributed by atoms with Crippen LogP contribution in [0.3, 0.4) is 0 Å². The first-order valence-corrected chi connectivity index (χ1v) is 9.62. The Kier molecular flexibility index (Phi) is 6.57. The average molecular weight is 414 g/mol. The third kappa shape index (κ3) is 5.00. The summed E-state index contributed by atoms with van der Waals surface area (Å²) >= 11 is 17.8. The van der Waals surface area contributed by atoms with E-state index < -0.39 is 0 Å². The Balaban J connectivity index is 1.51. The molecule has 1 aliphatic heterocycles. The van der Waals surface area contributed by atoms with Crippen LogP contribution in [0.2, 0.25) is 15.2 Å². The molecule has 1 aromatic heterocycles. The zero-order valence-corrected chi connectivity index (χ0v) is 16.4. The highest BCUT2D eigenvalue weighted by Crippen LogP contribution is 2.23. The van der Waals surface area contributed by atoms with Crippen molar-refractivity contribution in [3.05, 3.63) is 51.1 Å². The normalized spacial score (nSPS) is 17.2. The number of aromatic nitrogens is 2. The van der Waals surface area contributed by atoms with Crippen LogP contribution in [0.1, 0.15) is 18.4 Å². The smallest absolute Gasteiger partial charge is 0.224 e. The summed E-state index contributed by atoms with van der Waals surface area (Å²) in [7, 11) is 0. The molecule has 3 rings (SSSR count). The van der Waals surface area contributed by atoms with Crippen LogP contribution < -0.4 is 10.2 Å². The van der Waals surface area contributed by atoms with Crippen molar-refractivity contribution in [3.63, 3.8) is 0 Å². The molecule has 1 aliphatic rings. The molecule has 138 valence electrons. The summed E-state index contributed by atoms with van der Waals surface area (Å²) in [4.78, 5) is 14.6. The molecule has 8 heteroatoms. The van der Waals surface area contributed by atoms with E-state index in [4.69, 9.17) is 34.8 Å². The summed E-state index contributed by atoms with van der Waals surface area (Å²) in [5, 5.41) is 12.6. The fourth-order valence-electron chi connectivity index (χ4n) is 3.07. The average Bonchev–Trinajstić information content (AvgIpc) is 2.64. The molecule has 2 aromatic rings. The molecule has 0 spiro atoms. The Morgan fingerprint density at radius 1 is 1.19 bits per heavy atom. The van der Waals surface area contributed by atoms with Crippen LogP contribution >= 0.6 is 34.8 Å². The van der Waals surface area contributed by atoms with E-state index in [9.17, 15) is 4.79 Å². The quantitative estimate of drug-likeness (QED) is 0.804. The van der Waals surface area contributed by atoms with Gasteiger partial charge < -0.3 is 10.2 Å². The second-order valence-electron chi connectivity index (χ2n) is 6.28. The van der Waals surface area contributed by atoms with Gasteiger partial charge in [0.25, 0.3) is 0 Å². The van der Waals surface area contributed by atoms with Crippen LogP contribution in [-0.4, -0.2) is 35.7 Å². The Hall–Kier alpha value is -1.56. The summed E-state index contributed by atoms with van der Waals surface area (Å²) in [6.45, 7) is 2.03. The van der Waals surface area contributed by atoms with Crippen molar-refractivity contribution in [3.8, 4) is 0 Å². The third-order valence-electron chi connectivity index (χ3n) is 4.44. The van der Waals surface area contributed by atoms with E-state index in [1.807, 2.05) is 12.1 Å². The van der Waals surface area contributed by atoms with Gasteiger partial charge in [0, 0.05) is 29.7 Å². The van der Waals surface area contributed by atoms with E-state index in [0.717, 1.165) is 30.8 Å². The molecule has 26 heavy (non-hydrogen) atoms. The maximum atomic E-state index is 12.5. The lowest BCUT2D eigenvalue weighted by Crippen LogP contribution is -2.43. The van der Waals surface area contributed by atoms with E-state index in [-0.39, 0.29) is 11.8 Å². The molecular formula is C18H19Cl3N4O. The minimum absolute atomic E-state index is 0.0571. The van der Waals surface area contributed by atoms with Gasteiger partial charge in [-0.05, 0) is 49.1 Å². The number of nitrogens with one attached hydrogen (secondary N) is 1. The molecule has 1 amide bonds. The van der Waals surface area contributed by atoms with Gasteiger partial charge in [-0.25, -0.2) is 0 Å². The minimum atomic E-state index is -0.0677. The molecule has 1 aromatic carbocycles. The lowest BCUT2D eigenvalue weighted by Gasteiger charge is -2.32. The maximum absolute atomic E-state index is 12.5. The molecule has 1 N–H and O–H groups in total. The molecule has 2 heterocycles. The molecular weight excluding hydrogens is 395 g/mol. The fraction of sp³-hybridized carbons (Fsp3) is 0.389.